The monoisotopic (exact) mass is 240 g/mol. The van der Waals surface area contributed by atoms with Gasteiger partial charge in [-0.15, -0.1) is 0 Å². The Kier molecular flexibility index (Phi) is 1.89. The normalized spacial score (nSPS) is 18.8. The first kappa shape index (κ1) is 9.84. The molecule has 3 heterocycles. The van der Waals surface area contributed by atoms with Crippen molar-refractivity contribution >= 4 is 22.9 Å². The van der Waals surface area contributed by atoms with Crippen molar-refractivity contribution in [1.29, 1.82) is 0 Å². The summed E-state index contributed by atoms with van der Waals surface area (Å²) in [5.41, 5.74) is 0.430. The Bertz CT molecular complexity index is 543. The van der Waals surface area contributed by atoms with Gasteiger partial charge in [-0.05, 0) is 6.92 Å². The molecule has 0 unspecified atom stereocenters. The largest absolute Gasteiger partial charge is 0.362 e. The van der Waals surface area contributed by atoms with E-state index in [0.29, 0.717) is 23.9 Å². The van der Waals surface area contributed by atoms with E-state index in [4.69, 9.17) is 11.6 Å². The second kappa shape index (κ2) is 3.07. The maximum atomic E-state index is 13.4. The summed E-state index contributed by atoms with van der Waals surface area (Å²) in [6, 6.07) is 1.72. The van der Waals surface area contributed by atoms with Gasteiger partial charge in [0.15, 0.2) is 10.8 Å². The van der Waals surface area contributed by atoms with E-state index in [1.807, 2.05) is 4.90 Å². The van der Waals surface area contributed by atoms with Crippen LogP contribution in [0.1, 0.15) is 6.92 Å². The predicted octanol–water partition coefficient (Wildman–Crippen LogP) is 1.93. The van der Waals surface area contributed by atoms with E-state index >= 15 is 0 Å². The number of hydrogen-bond donors (Lipinski definition) is 0. The molecule has 1 aliphatic rings. The molecule has 3 rings (SSSR count). The highest BCUT2D eigenvalue weighted by Crippen LogP contribution is 2.33. The van der Waals surface area contributed by atoms with Crippen LogP contribution in [0.15, 0.2) is 18.5 Å². The van der Waals surface area contributed by atoms with Crippen LogP contribution in [0.3, 0.4) is 0 Å². The Morgan fingerprint density at radius 1 is 1.50 bits per heavy atom. The SMILES string of the molecule is CC1(F)CN(c2cc(Cl)nn3ccnc23)C1. The summed E-state index contributed by atoms with van der Waals surface area (Å²) in [5, 5.41) is 4.45. The number of aromatic nitrogens is 3. The number of rotatable bonds is 1. The third kappa shape index (κ3) is 1.43. The van der Waals surface area contributed by atoms with E-state index in [1.165, 1.54) is 0 Å². The fourth-order valence-corrected chi connectivity index (χ4v) is 2.21. The fraction of sp³-hybridized carbons (Fsp3) is 0.400. The number of hydrogen-bond acceptors (Lipinski definition) is 3. The van der Waals surface area contributed by atoms with Crippen LogP contribution in [0.4, 0.5) is 10.1 Å². The Balaban J connectivity index is 2.06. The number of imidazole rings is 1. The number of alkyl halides is 1. The van der Waals surface area contributed by atoms with Crippen LogP contribution in [-0.2, 0) is 0 Å². The zero-order chi connectivity index (χ0) is 11.3. The van der Waals surface area contributed by atoms with E-state index < -0.39 is 5.67 Å². The molecule has 0 bridgehead atoms. The van der Waals surface area contributed by atoms with Gasteiger partial charge in [0.25, 0.3) is 0 Å². The molecular weight excluding hydrogens is 231 g/mol. The topological polar surface area (TPSA) is 33.4 Å². The Morgan fingerprint density at radius 3 is 2.94 bits per heavy atom. The van der Waals surface area contributed by atoms with Crippen LogP contribution in [0.5, 0.6) is 0 Å². The van der Waals surface area contributed by atoms with Crippen LogP contribution < -0.4 is 4.90 Å². The molecule has 6 heteroatoms. The maximum Gasteiger partial charge on any atom is 0.177 e. The minimum atomic E-state index is -1.11. The van der Waals surface area contributed by atoms with Crippen molar-refractivity contribution in [3.05, 3.63) is 23.6 Å². The summed E-state index contributed by atoms with van der Waals surface area (Å²) in [7, 11) is 0. The van der Waals surface area contributed by atoms with E-state index in [-0.39, 0.29) is 0 Å². The van der Waals surface area contributed by atoms with Crippen molar-refractivity contribution in [2.75, 3.05) is 18.0 Å². The zero-order valence-electron chi connectivity index (χ0n) is 8.69. The summed E-state index contributed by atoms with van der Waals surface area (Å²) in [6.07, 6.45) is 3.37. The van der Waals surface area contributed by atoms with Crippen LogP contribution in [-0.4, -0.2) is 33.4 Å². The quantitative estimate of drug-likeness (QED) is 0.764. The Morgan fingerprint density at radius 2 is 2.25 bits per heavy atom. The van der Waals surface area contributed by atoms with Gasteiger partial charge in [0.1, 0.15) is 5.67 Å². The first-order valence-electron chi connectivity index (χ1n) is 4.99. The average molecular weight is 241 g/mol. The van der Waals surface area contributed by atoms with Gasteiger partial charge in [-0.1, -0.05) is 11.6 Å². The van der Waals surface area contributed by atoms with Gasteiger partial charge >= 0.3 is 0 Å². The van der Waals surface area contributed by atoms with Crippen molar-refractivity contribution < 1.29 is 4.39 Å². The lowest BCUT2D eigenvalue weighted by atomic mass is 9.98. The predicted molar refractivity (Wildman–Crippen MR) is 59.7 cm³/mol. The highest BCUT2D eigenvalue weighted by molar-refractivity contribution is 6.29. The van der Waals surface area contributed by atoms with Gasteiger partial charge in [0.05, 0.1) is 18.8 Å². The molecular formula is C10H10ClFN4. The molecule has 2 aromatic heterocycles. The molecule has 0 aliphatic carbocycles. The molecule has 0 spiro atoms. The van der Waals surface area contributed by atoms with Crippen molar-refractivity contribution in [2.45, 2.75) is 12.6 Å². The molecule has 1 aliphatic heterocycles. The molecule has 0 N–H and O–H groups in total. The van der Waals surface area contributed by atoms with Gasteiger partial charge in [0, 0.05) is 18.5 Å². The first-order valence-corrected chi connectivity index (χ1v) is 5.37. The Hall–Kier alpha value is -1.36. The average Bonchev–Trinajstić information content (AvgIpc) is 2.60. The summed E-state index contributed by atoms with van der Waals surface area (Å²) in [4.78, 5) is 6.10. The fourth-order valence-electron chi connectivity index (χ4n) is 2.02. The smallest absolute Gasteiger partial charge is 0.177 e. The van der Waals surface area contributed by atoms with Gasteiger partial charge in [-0.3, -0.25) is 0 Å². The van der Waals surface area contributed by atoms with Crippen LogP contribution in [0, 0.1) is 0 Å². The lowest BCUT2D eigenvalue weighted by molar-refractivity contribution is 0.145. The number of nitrogens with zero attached hydrogens (tertiary/aromatic N) is 4. The molecule has 0 radical (unpaired) electrons. The minimum absolute atomic E-state index is 0.371. The molecule has 4 nitrogen and oxygen atoms in total. The van der Waals surface area contributed by atoms with E-state index in [9.17, 15) is 4.39 Å². The van der Waals surface area contributed by atoms with Crippen molar-refractivity contribution in [3.63, 3.8) is 0 Å². The van der Waals surface area contributed by atoms with Crippen molar-refractivity contribution in [1.82, 2.24) is 14.6 Å². The number of anilines is 1. The summed E-state index contributed by atoms with van der Waals surface area (Å²) in [5.74, 6) is 0. The van der Waals surface area contributed by atoms with E-state index in [1.54, 1.807) is 29.9 Å². The molecule has 16 heavy (non-hydrogen) atoms. The highest BCUT2D eigenvalue weighted by Gasteiger charge is 2.40. The third-order valence-corrected chi connectivity index (χ3v) is 2.88. The van der Waals surface area contributed by atoms with Crippen molar-refractivity contribution in [2.24, 2.45) is 0 Å². The molecule has 84 valence electrons. The molecule has 0 aromatic carbocycles. The van der Waals surface area contributed by atoms with Gasteiger partial charge in [-0.2, -0.15) is 5.10 Å². The Labute approximate surface area is 96.6 Å². The molecule has 0 saturated carbocycles. The highest BCUT2D eigenvalue weighted by atomic mass is 35.5. The van der Waals surface area contributed by atoms with Crippen LogP contribution in [0.25, 0.3) is 5.65 Å². The molecule has 1 fully saturated rings. The van der Waals surface area contributed by atoms with Crippen molar-refractivity contribution in [3.8, 4) is 0 Å². The lowest BCUT2D eigenvalue weighted by Gasteiger charge is -2.43. The second-order valence-electron chi connectivity index (χ2n) is 4.32. The summed E-state index contributed by atoms with van der Waals surface area (Å²) >= 11 is 5.90. The van der Waals surface area contributed by atoms with Crippen LogP contribution in [0.2, 0.25) is 5.15 Å². The number of fused-ring (bicyclic) bond motifs is 1. The minimum Gasteiger partial charge on any atom is -0.362 e. The van der Waals surface area contributed by atoms with Crippen LogP contribution >= 0.6 is 11.6 Å². The van der Waals surface area contributed by atoms with E-state index in [0.717, 1.165) is 5.69 Å². The lowest BCUT2D eigenvalue weighted by Crippen LogP contribution is -2.57. The summed E-state index contributed by atoms with van der Waals surface area (Å²) in [6.45, 7) is 2.33. The van der Waals surface area contributed by atoms with Gasteiger partial charge in [-0.25, -0.2) is 13.9 Å². The second-order valence-corrected chi connectivity index (χ2v) is 4.70. The van der Waals surface area contributed by atoms with Gasteiger partial charge in [0.2, 0.25) is 0 Å². The maximum absolute atomic E-state index is 13.4. The number of halogens is 2. The molecule has 2 aromatic rings. The standard InChI is InChI=1S/C10H10ClFN4/c1-10(12)5-15(6-10)7-4-8(11)14-16-3-2-13-9(7)16/h2-4H,5-6H2,1H3. The first-order chi connectivity index (χ1) is 7.55. The molecule has 0 atom stereocenters. The van der Waals surface area contributed by atoms with Gasteiger partial charge < -0.3 is 4.90 Å². The third-order valence-electron chi connectivity index (χ3n) is 2.69. The molecule has 0 amide bonds. The molecule has 1 saturated heterocycles. The van der Waals surface area contributed by atoms with E-state index in [2.05, 4.69) is 10.1 Å². The zero-order valence-corrected chi connectivity index (χ0v) is 9.45. The summed E-state index contributed by atoms with van der Waals surface area (Å²) < 4.78 is 15.1.